The van der Waals surface area contributed by atoms with Gasteiger partial charge in [0, 0.05) is 6.20 Å². The SMILES string of the molecule is C#CCNS(=O)(=O)c1cccc(C(=O)O[C@H](C)C(=O)Nc2ccc(Cl)cn2)c1. The Morgan fingerprint density at radius 3 is 2.71 bits per heavy atom. The highest BCUT2D eigenvalue weighted by Gasteiger charge is 2.21. The van der Waals surface area contributed by atoms with Crippen LogP contribution in [0.2, 0.25) is 5.02 Å². The van der Waals surface area contributed by atoms with E-state index in [2.05, 4.69) is 20.9 Å². The number of pyridine rings is 1. The number of ether oxygens (including phenoxy) is 1. The summed E-state index contributed by atoms with van der Waals surface area (Å²) in [6, 6.07) is 8.22. The van der Waals surface area contributed by atoms with Crippen LogP contribution in [0.4, 0.5) is 5.82 Å². The number of hydrogen-bond acceptors (Lipinski definition) is 6. The fourth-order valence-electron chi connectivity index (χ4n) is 1.97. The van der Waals surface area contributed by atoms with Crippen molar-refractivity contribution in [3.63, 3.8) is 0 Å². The van der Waals surface area contributed by atoms with Gasteiger partial charge >= 0.3 is 5.97 Å². The molecule has 0 radical (unpaired) electrons. The number of hydrogen-bond donors (Lipinski definition) is 2. The van der Waals surface area contributed by atoms with Crippen molar-refractivity contribution in [1.29, 1.82) is 0 Å². The first kappa shape index (κ1) is 21.4. The van der Waals surface area contributed by atoms with E-state index in [1.54, 1.807) is 6.07 Å². The van der Waals surface area contributed by atoms with E-state index in [9.17, 15) is 18.0 Å². The van der Waals surface area contributed by atoms with Gasteiger partial charge in [0.15, 0.2) is 6.10 Å². The first-order chi connectivity index (χ1) is 13.2. The van der Waals surface area contributed by atoms with E-state index in [4.69, 9.17) is 22.8 Å². The molecular formula is C18H16ClN3O5S. The third-order valence-electron chi connectivity index (χ3n) is 3.38. The number of terminal acetylenes is 1. The Bertz CT molecular complexity index is 1020. The molecule has 1 aromatic carbocycles. The van der Waals surface area contributed by atoms with E-state index in [-0.39, 0.29) is 22.8 Å². The maximum atomic E-state index is 12.3. The number of amides is 1. The molecule has 0 saturated heterocycles. The van der Waals surface area contributed by atoms with Crippen molar-refractivity contribution < 1.29 is 22.7 Å². The Labute approximate surface area is 167 Å². The van der Waals surface area contributed by atoms with Crippen LogP contribution in [0, 0.1) is 12.3 Å². The third kappa shape index (κ3) is 5.79. The van der Waals surface area contributed by atoms with Gasteiger partial charge in [-0.25, -0.2) is 18.2 Å². The van der Waals surface area contributed by atoms with Gasteiger partial charge in [0.1, 0.15) is 5.82 Å². The second-order valence-electron chi connectivity index (χ2n) is 5.45. The van der Waals surface area contributed by atoms with Crippen LogP contribution in [0.15, 0.2) is 47.5 Å². The highest BCUT2D eigenvalue weighted by Crippen LogP contribution is 2.14. The number of sulfonamides is 1. The van der Waals surface area contributed by atoms with Gasteiger partial charge in [0.2, 0.25) is 10.0 Å². The molecule has 0 saturated carbocycles. The molecule has 0 spiro atoms. The summed E-state index contributed by atoms with van der Waals surface area (Å²) in [4.78, 5) is 28.1. The van der Waals surface area contributed by atoms with Crippen molar-refractivity contribution in [2.45, 2.75) is 17.9 Å². The quantitative estimate of drug-likeness (QED) is 0.520. The topological polar surface area (TPSA) is 114 Å². The molecule has 28 heavy (non-hydrogen) atoms. The first-order valence-corrected chi connectivity index (χ1v) is 9.75. The number of halogens is 1. The summed E-state index contributed by atoms with van der Waals surface area (Å²) in [6.07, 6.45) is 5.24. The van der Waals surface area contributed by atoms with Crippen molar-refractivity contribution in [3.8, 4) is 12.3 Å². The summed E-state index contributed by atoms with van der Waals surface area (Å²) < 4.78 is 31.4. The Kier molecular flexibility index (Phi) is 7.12. The maximum Gasteiger partial charge on any atom is 0.338 e. The smallest absolute Gasteiger partial charge is 0.338 e. The molecule has 0 aliphatic rings. The standard InChI is InChI=1S/C18H16ClN3O5S/c1-3-9-21-28(25,26)15-6-4-5-13(10-15)18(24)27-12(2)17(23)22-16-8-7-14(19)11-20-16/h1,4-8,10-12,21H,9H2,2H3,(H,20,22,23)/t12-/m1/s1. The molecule has 10 heteroatoms. The molecule has 146 valence electrons. The molecule has 0 bridgehead atoms. The van der Waals surface area contributed by atoms with E-state index in [1.807, 2.05) is 0 Å². The highest BCUT2D eigenvalue weighted by atomic mass is 35.5. The number of carbonyl (C=O) groups excluding carboxylic acids is 2. The molecule has 1 atom stereocenters. The predicted octanol–water partition coefficient (Wildman–Crippen LogP) is 1.83. The van der Waals surface area contributed by atoms with Crippen LogP contribution < -0.4 is 10.0 Å². The van der Waals surface area contributed by atoms with Crippen LogP contribution in [0.1, 0.15) is 17.3 Å². The molecule has 2 N–H and O–H groups in total. The Morgan fingerprint density at radius 1 is 1.32 bits per heavy atom. The zero-order valence-corrected chi connectivity index (χ0v) is 16.3. The Balaban J connectivity index is 2.05. The number of carbonyl (C=O) groups is 2. The van der Waals surface area contributed by atoms with E-state index in [1.165, 1.54) is 37.4 Å². The molecule has 1 aromatic heterocycles. The van der Waals surface area contributed by atoms with E-state index in [0.29, 0.717) is 5.02 Å². The average Bonchev–Trinajstić information content (AvgIpc) is 2.68. The van der Waals surface area contributed by atoms with Gasteiger partial charge in [-0.05, 0) is 37.3 Å². The minimum atomic E-state index is -3.87. The number of aromatic nitrogens is 1. The largest absolute Gasteiger partial charge is 0.449 e. The van der Waals surface area contributed by atoms with Crippen molar-refractivity contribution in [2.75, 3.05) is 11.9 Å². The molecule has 1 amide bonds. The van der Waals surface area contributed by atoms with E-state index >= 15 is 0 Å². The highest BCUT2D eigenvalue weighted by molar-refractivity contribution is 7.89. The zero-order chi connectivity index (χ0) is 20.7. The lowest BCUT2D eigenvalue weighted by molar-refractivity contribution is -0.123. The molecular weight excluding hydrogens is 406 g/mol. The molecule has 0 aliphatic heterocycles. The minimum absolute atomic E-state index is 0.0344. The lowest BCUT2D eigenvalue weighted by Crippen LogP contribution is -2.30. The zero-order valence-electron chi connectivity index (χ0n) is 14.7. The Morgan fingerprint density at radius 2 is 2.07 bits per heavy atom. The van der Waals surface area contributed by atoms with Crippen LogP contribution in [0.3, 0.4) is 0 Å². The monoisotopic (exact) mass is 421 g/mol. The molecule has 0 unspecified atom stereocenters. The number of nitrogens with one attached hydrogen (secondary N) is 2. The predicted molar refractivity (Wildman–Crippen MR) is 103 cm³/mol. The lowest BCUT2D eigenvalue weighted by Gasteiger charge is -2.13. The molecule has 8 nitrogen and oxygen atoms in total. The second-order valence-corrected chi connectivity index (χ2v) is 7.66. The minimum Gasteiger partial charge on any atom is -0.449 e. The maximum absolute atomic E-state index is 12.3. The average molecular weight is 422 g/mol. The van der Waals surface area contributed by atoms with Gasteiger partial charge in [0.25, 0.3) is 5.91 Å². The number of nitrogens with zero attached hydrogens (tertiary/aromatic N) is 1. The van der Waals surface area contributed by atoms with Gasteiger partial charge in [0.05, 0.1) is 22.0 Å². The normalized spacial score (nSPS) is 11.9. The number of benzene rings is 1. The third-order valence-corrected chi connectivity index (χ3v) is 5.00. The van der Waals surface area contributed by atoms with Crippen molar-refractivity contribution in [2.24, 2.45) is 0 Å². The molecule has 1 heterocycles. The lowest BCUT2D eigenvalue weighted by atomic mass is 10.2. The summed E-state index contributed by atoms with van der Waals surface area (Å²) in [5.41, 5.74) is -0.0344. The van der Waals surface area contributed by atoms with E-state index < -0.39 is 28.0 Å². The van der Waals surface area contributed by atoms with Crippen molar-refractivity contribution >= 4 is 39.3 Å². The van der Waals surface area contributed by atoms with Gasteiger partial charge < -0.3 is 10.1 Å². The summed E-state index contributed by atoms with van der Waals surface area (Å²) in [7, 11) is -3.87. The number of anilines is 1. The number of rotatable bonds is 7. The van der Waals surface area contributed by atoms with Crippen LogP contribution in [-0.2, 0) is 19.6 Å². The number of esters is 1. The van der Waals surface area contributed by atoms with Crippen LogP contribution in [0.5, 0.6) is 0 Å². The summed E-state index contributed by atoms with van der Waals surface area (Å²) >= 11 is 5.72. The van der Waals surface area contributed by atoms with Crippen LogP contribution in [-0.4, -0.2) is 37.9 Å². The molecule has 2 rings (SSSR count). The van der Waals surface area contributed by atoms with Crippen molar-refractivity contribution in [3.05, 3.63) is 53.2 Å². The summed E-state index contributed by atoms with van der Waals surface area (Å²) in [5.74, 6) is 0.925. The molecule has 0 fully saturated rings. The van der Waals surface area contributed by atoms with Gasteiger partial charge in [-0.1, -0.05) is 23.6 Å². The second kappa shape index (κ2) is 9.32. The fourth-order valence-corrected chi connectivity index (χ4v) is 3.06. The Hall–Kier alpha value is -2.93. The summed E-state index contributed by atoms with van der Waals surface area (Å²) in [6.45, 7) is 1.19. The summed E-state index contributed by atoms with van der Waals surface area (Å²) in [5, 5.41) is 2.88. The van der Waals surface area contributed by atoms with Gasteiger partial charge in [-0.3, -0.25) is 4.79 Å². The fraction of sp³-hybridized carbons (Fsp3) is 0.167. The van der Waals surface area contributed by atoms with Crippen LogP contribution >= 0.6 is 11.6 Å². The molecule has 2 aromatic rings. The first-order valence-electron chi connectivity index (χ1n) is 7.89. The molecule has 0 aliphatic carbocycles. The van der Waals surface area contributed by atoms with Crippen molar-refractivity contribution in [1.82, 2.24) is 9.71 Å². The van der Waals surface area contributed by atoms with Gasteiger partial charge in [-0.2, -0.15) is 4.72 Å². The van der Waals surface area contributed by atoms with Crippen LogP contribution in [0.25, 0.3) is 0 Å². The van der Waals surface area contributed by atoms with Gasteiger partial charge in [-0.15, -0.1) is 6.42 Å². The van der Waals surface area contributed by atoms with E-state index in [0.717, 1.165) is 6.07 Å².